The molecule has 1 saturated heterocycles. The van der Waals surface area contributed by atoms with Crippen molar-refractivity contribution in [1.82, 2.24) is 9.88 Å². The van der Waals surface area contributed by atoms with Crippen molar-refractivity contribution in [1.29, 1.82) is 0 Å². The largest absolute Gasteiger partial charge is 0.480 e. The summed E-state index contributed by atoms with van der Waals surface area (Å²) in [5.74, 6) is -1.13. The van der Waals surface area contributed by atoms with Gasteiger partial charge in [0.2, 0.25) is 0 Å². The number of amides is 1. The molecule has 0 radical (unpaired) electrons. The van der Waals surface area contributed by atoms with Crippen molar-refractivity contribution in [3.63, 3.8) is 0 Å². The second-order valence-electron chi connectivity index (χ2n) is 3.71. The number of aromatic nitrogens is 1. The average molecular weight is 240 g/mol. The van der Waals surface area contributed by atoms with E-state index in [1.807, 2.05) is 0 Å². The third-order valence-corrected chi connectivity index (χ3v) is 3.45. The minimum Gasteiger partial charge on any atom is -0.480 e. The maximum atomic E-state index is 12.0. The molecule has 1 unspecified atom stereocenters. The molecule has 1 N–H and O–H groups in total. The number of carbonyl (C=O) groups is 2. The predicted octanol–water partition coefficient (Wildman–Crippen LogP) is 1.22. The van der Waals surface area contributed by atoms with E-state index in [0.717, 1.165) is 12.8 Å². The Morgan fingerprint density at radius 3 is 2.94 bits per heavy atom. The minimum atomic E-state index is -0.919. The number of likely N-dealkylation sites (tertiary alicyclic amines) is 1. The Morgan fingerprint density at radius 1 is 1.50 bits per heavy atom. The fourth-order valence-corrected chi connectivity index (χ4v) is 2.47. The fraction of sp³-hybridized carbons (Fsp3) is 0.500. The number of aliphatic carboxylic acids is 1. The molecule has 16 heavy (non-hydrogen) atoms. The Bertz CT molecular complexity index is 391. The number of thiazole rings is 1. The molecule has 1 fully saturated rings. The van der Waals surface area contributed by atoms with Gasteiger partial charge in [-0.1, -0.05) is 0 Å². The maximum Gasteiger partial charge on any atom is 0.326 e. The van der Waals surface area contributed by atoms with E-state index in [-0.39, 0.29) is 5.91 Å². The zero-order valence-electron chi connectivity index (χ0n) is 8.63. The Kier molecular flexibility index (Phi) is 3.19. The first kappa shape index (κ1) is 11.1. The second-order valence-corrected chi connectivity index (χ2v) is 4.60. The summed E-state index contributed by atoms with van der Waals surface area (Å²) in [4.78, 5) is 28.8. The first-order chi connectivity index (χ1) is 7.70. The van der Waals surface area contributed by atoms with Crippen molar-refractivity contribution in [2.45, 2.75) is 25.3 Å². The standard InChI is InChI=1S/C10H12N2O3S/c13-9(8-5-11-6-16-8)12-4-2-1-3-7(12)10(14)15/h5-7H,1-4H2,(H,14,15). The van der Waals surface area contributed by atoms with Gasteiger partial charge in [-0.3, -0.25) is 9.78 Å². The van der Waals surface area contributed by atoms with E-state index in [4.69, 9.17) is 5.11 Å². The highest BCUT2D eigenvalue weighted by molar-refractivity contribution is 7.11. The number of carbonyl (C=O) groups excluding carboxylic acids is 1. The van der Waals surface area contributed by atoms with Crippen molar-refractivity contribution in [2.75, 3.05) is 6.54 Å². The molecule has 0 bridgehead atoms. The monoisotopic (exact) mass is 240 g/mol. The summed E-state index contributed by atoms with van der Waals surface area (Å²) in [5, 5.41) is 9.05. The molecular weight excluding hydrogens is 228 g/mol. The van der Waals surface area contributed by atoms with Gasteiger partial charge in [0.05, 0.1) is 11.7 Å². The molecule has 0 aliphatic carbocycles. The van der Waals surface area contributed by atoms with Gasteiger partial charge >= 0.3 is 5.97 Å². The van der Waals surface area contributed by atoms with Crippen LogP contribution in [0.3, 0.4) is 0 Å². The zero-order chi connectivity index (χ0) is 11.5. The third kappa shape index (κ3) is 2.06. The lowest BCUT2D eigenvalue weighted by Gasteiger charge is -2.32. The second kappa shape index (κ2) is 4.61. The molecule has 5 nitrogen and oxygen atoms in total. The van der Waals surface area contributed by atoms with Crippen molar-refractivity contribution >= 4 is 23.2 Å². The normalized spacial score (nSPS) is 20.8. The van der Waals surface area contributed by atoms with Crippen LogP contribution in [0, 0.1) is 0 Å². The van der Waals surface area contributed by atoms with Crippen LogP contribution in [0.5, 0.6) is 0 Å². The number of hydrogen-bond acceptors (Lipinski definition) is 4. The summed E-state index contributed by atoms with van der Waals surface area (Å²) in [7, 11) is 0. The molecule has 1 amide bonds. The van der Waals surface area contributed by atoms with Gasteiger partial charge in [-0.15, -0.1) is 11.3 Å². The molecule has 1 aliphatic rings. The summed E-state index contributed by atoms with van der Waals surface area (Å²) in [6, 6.07) is -0.677. The first-order valence-electron chi connectivity index (χ1n) is 5.12. The summed E-state index contributed by atoms with van der Waals surface area (Å²) in [6.07, 6.45) is 3.76. The van der Waals surface area contributed by atoms with Gasteiger partial charge in [-0.2, -0.15) is 0 Å². The molecule has 1 aromatic rings. The third-order valence-electron chi connectivity index (χ3n) is 2.69. The molecule has 0 spiro atoms. The first-order valence-corrected chi connectivity index (χ1v) is 6.00. The van der Waals surface area contributed by atoms with E-state index in [1.165, 1.54) is 22.4 Å². The van der Waals surface area contributed by atoms with E-state index in [0.29, 0.717) is 17.8 Å². The van der Waals surface area contributed by atoms with E-state index < -0.39 is 12.0 Å². The van der Waals surface area contributed by atoms with Gasteiger partial charge in [-0.05, 0) is 19.3 Å². The van der Waals surface area contributed by atoms with Crippen molar-refractivity contribution < 1.29 is 14.7 Å². The molecule has 86 valence electrons. The van der Waals surface area contributed by atoms with Crippen molar-refractivity contribution in [3.05, 3.63) is 16.6 Å². The quantitative estimate of drug-likeness (QED) is 0.843. The lowest BCUT2D eigenvalue weighted by molar-refractivity contribution is -0.143. The van der Waals surface area contributed by atoms with Gasteiger partial charge in [0.15, 0.2) is 0 Å². The fourth-order valence-electron chi connectivity index (χ4n) is 1.89. The summed E-state index contributed by atoms with van der Waals surface area (Å²) in [6.45, 7) is 0.522. The van der Waals surface area contributed by atoms with E-state index in [9.17, 15) is 9.59 Å². The topological polar surface area (TPSA) is 70.5 Å². The number of rotatable bonds is 2. The lowest BCUT2D eigenvalue weighted by Crippen LogP contribution is -2.47. The Balaban J connectivity index is 2.17. The lowest BCUT2D eigenvalue weighted by atomic mass is 10.0. The maximum absolute atomic E-state index is 12.0. The highest BCUT2D eigenvalue weighted by Crippen LogP contribution is 2.21. The number of carboxylic acids is 1. The molecule has 1 aromatic heterocycles. The average Bonchev–Trinajstić information content (AvgIpc) is 2.81. The van der Waals surface area contributed by atoms with Crippen molar-refractivity contribution in [2.24, 2.45) is 0 Å². The van der Waals surface area contributed by atoms with Gasteiger partial charge < -0.3 is 10.0 Å². The van der Waals surface area contributed by atoms with Gasteiger partial charge in [0, 0.05) is 6.54 Å². The minimum absolute atomic E-state index is 0.213. The van der Waals surface area contributed by atoms with Crippen LogP contribution >= 0.6 is 11.3 Å². The van der Waals surface area contributed by atoms with Crippen LogP contribution in [0.4, 0.5) is 0 Å². The Hall–Kier alpha value is -1.43. The number of carboxylic acid groups (broad SMARTS) is 1. The predicted molar refractivity (Wildman–Crippen MR) is 58.4 cm³/mol. The smallest absolute Gasteiger partial charge is 0.326 e. The summed E-state index contributed by atoms with van der Waals surface area (Å²) >= 11 is 1.24. The van der Waals surface area contributed by atoms with Crippen LogP contribution in [0.1, 0.15) is 28.9 Å². The van der Waals surface area contributed by atoms with Crippen LogP contribution < -0.4 is 0 Å². The molecule has 2 heterocycles. The van der Waals surface area contributed by atoms with E-state index >= 15 is 0 Å². The molecule has 0 saturated carbocycles. The van der Waals surface area contributed by atoms with E-state index in [2.05, 4.69) is 4.98 Å². The Labute approximate surface area is 96.7 Å². The molecule has 0 aromatic carbocycles. The molecular formula is C10H12N2O3S. The zero-order valence-corrected chi connectivity index (χ0v) is 9.44. The van der Waals surface area contributed by atoms with E-state index in [1.54, 1.807) is 5.51 Å². The molecule has 6 heteroatoms. The van der Waals surface area contributed by atoms with Gasteiger partial charge in [-0.25, -0.2) is 4.79 Å². The van der Waals surface area contributed by atoms with Gasteiger partial charge in [0.1, 0.15) is 10.9 Å². The summed E-state index contributed by atoms with van der Waals surface area (Å²) in [5.41, 5.74) is 1.58. The van der Waals surface area contributed by atoms with Crippen LogP contribution in [-0.4, -0.2) is 39.5 Å². The van der Waals surface area contributed by atoms with Gasteiger partial charge in [0.25, 0.3) is 5.91 Å². The van der Waals surface area contributed by atoms with Crippen LogP contribution in [-0.2, 0) is 4.79 Å². The highest BCUT2D eigenvalue weighted by atomic mass is 32.1. The van der Waals surface area contributed by atoms with Crippen molar-refractivity contribution in [3.8, 4) is 0 Å². The number of nitrogens with zero attached hydrogens (tertiary/aromatic N) is 2. The molecule has 2 rings (SSSR count). The number of piperidine rings is 1. The van der Waals surface area contributed by atoms with Crippen LogP contribution in [0.15, 0.2) is 11.7 Å². The molecule has 1 aliphatic heterocycles. The Morgan fingerprint density at radius 2 is 2.31 bits per heavy atom. The van der Waals surface area contributed by atoms with Crippen LogP contribution in [0.2, 0.25) is 0 Å². The number of hydrogen-bond donors (Lipinski definition) is 1. The van der Waals surface area contributed by atoms with Crippen LogP contribution in [0.25, 0.3) is 0 Å². The molecule has 1 atom stereocenters. The SMILES string of the molecule is O=C(O)C1CCCCN1C(=O)c1cncs1. The summed E-state index contributed by atoms with van der Waals surface area (Å²) < 4.78 is 0. The highest BCUT2D eigenvalue weighted by Gasteiger charge is 2.32.